The van der Waals surface area contributed by atoms with Crippen molar-refractivity contribution in [3.05, 3.63) is 34.6 Å². The monoisotopic (exact) mass is 469 g/mol. The fourth-order valence-corrected chi connectivity index (χ4v) is 4.87. The fraction of sp³-hybridized carbons (Fsp3) is 0.520. The number of nitrogens with zero attached hydrogens (tertiary/aromatic N) is 3. The van der Waals surface area contributed by atoms with E-state index in [0.29, 0.717) is 22.8 Å². The van der Waals surface area contributed by atoms with Gasteiger partial charge in [0.15, 0.2) is 0 Å². The molecule has 8 heteroatoms. The molecular weight excluding hydrogens is 438 g/mol. The van der Waals surface area contributed by atoms with Gasteiger partial charge in [-0.15, -0.1) is 0 Å². The molecule has 0 saturated heterocycles. The van der Waals surface area contributed by atoms with Crippen LogP contribution in [0, 0.1) is 17.2 Å². The Kier molecular flexibility index (Phi) is 8.51. The van der Waals surface area contributed by atoms with Crippen molar-refractivity contribution in [3.63, 3.8) is 0 Å². The van der Waals surface area contributed by atoms with Crippen molar-refractivity contribution in [2.75, 3.05) is 5.32 Å². The van der Waals surface area contributed by atoms with Crippen molar-refractivity contribution >= 4 is 29.2 Å². The van der Waals surface area contributed by atoms with Crippen LogP contribution in [0.15, 0.2) is 18.3 Å². The molecule has 1 fully saturated rings. The predicted molar refractivity (Wildman–Crippen MR) is 130 cm³/mol. The lowest BCUT2D eigenvalue weighted by atomic mass is 9.85. The van der Waals surface area contributed by atoms with Crippen molar-refractivity contribution < 1.29 is 9.59 Å². The summed E-state index contributed by atoms with van der Waals surface area (Å²) in [4.78, 5) is 28.7. The Morgan fingerprint density at radius 2 is 2.06 bits per heavy atom. The Labute approximate surface area is 200 Å². The molecule has 0 radical (unpaired) electrons. The van der Waals surface area contributed by atoms with Gasteiger partial charge in [0.1, 0.15) is 11.9 Å². The zero-order valence-electron chi connectivity index (χ0n) is 19.6. The number of amides is 2. The van der Waals surface area contributed by atoms with E-state index in [1.807, 2.05) is 6.07 Å². The highest BCUT2D eigenvalue weighted by molar-refractivity contribution is 6.33. The first-order chi connectivity index (χ1) is 15.9. The zero-order chi connectivity index (χ0) is 24.0. The van der Waals surface area contributed by atoms with Crippen molar-refractivity contribution in [1.82, 2.24) is 14.9 Å². The number of anilines is 1. The van der Waals surface area contributed by atoms with Gasteiger partial charge in [0.25, 0.3) is 0 Å². The number of rotatable bonds is 8. The Morgan fingerprint density at radius 3 is 2.73 bits per heavy atom. The molecule has 33 heavy (non-hydrogen) atoms. The lowest BCUT2D eigenvalue weighted by molar-refractivity contribution is -0.123. The first-order valence-electron chi connectivity index (χ1n) is 11.7. The molecule has 2 heterocycles. The minimum Gasteiger partial charge on any atom is -0.354 e. The fourth-order valence-electron chi connectivity index (χ4n) is 4.67. The van der Waals surface area contributed by atoms with E-state index in [9.17, 15) is 14.9 Å². The van der Waals surface area contributed by atoms with Gasteiger partial charge < -0.3 is 15.2 Å². The second-order valence-electron chi connectivity index (χ2n) is 8.70. The van der Waals surface area contributed by atoms with Crippen LogP contribution in [0.25, 0.3) is 11.3 Å². The van der Waals surface area contributed by atoms with Gasteiger partial charge in [-0.2, -0.15) is 5.26 Å². The summed E-state index contributed by atoms with van der Waals surface area (Å²) < 4.78 is 2.16. The topological polar surface area (TPSA) is 99.8 Å². The first-order valence-corrected chi connectivity index (χ1v) is 12.1. The molecule has 7 nitrogen and oxygen atoms in total. The summed E-state index contributed by atoms with van der Waals surface area (Å²) in [5.41, 5.74) is 3.28. The summed E-state index contributed by atoms with van der Waals surface area (Å²) in [6.45, 7) is 6.48. The molecule has 0 spiro atoms. The molecule has 2 aromatic heterocycles. The largest absolute Gasteiger partial charge is 0.354 e. The second kappa shape index (κ2) is 11.3. The standard InChI is InChI=1S/C25H32ClN5O2/c1-4-7-22-18(14-27)12-23(31(22)10-5-2)20-13-24(28-15-21(20)26)30-25(33)17-8-6-9-19(11-17)29-16(3)32/h12-13,15,17,19H,4-11H2,1-3H3,(H,29,32)(H,28,30,33)/t17-,19+/m0/s1. The number of pyridine rings is 1. The molecule has 2 aromatic rings. The number of halogens is 1. The van der Waals surface area contributed by atoms with E-state index in [-0.39, 0.29) is 23.8 Å². The number of carbonyl (C=O) groups is 2. The Bertz CT molecular complexity index is 1060. The van der Waals surface area contributed by atoms with Crippen LogP contribution >= 0.6 is 11.6 Å². The highest BCUT2D eigenvalue weighted by atomic mass is 35.5. The van der Waals surface area contributed by atoms with Crippen LogP contribution in [0.1, 0.15) is 70.6 Å². The van der Waals surface area contributed by atoms with E-state index in [1.54, 1.807) is 12.3 Å². The third kappa shape index (κ3) is 5.94. The van der Waals surface area contributed by atoms with Gasteiger partial charge in [0.05, 0.1) is 16.3 Å². The molecular formula is C25H32ClN5O2. The highest BCUT2D eigenvalue weighted by Gasteiger charge is 2.28. The zero-order valence-corrected chi connectivity index (χ0v) is 20.3. The lowest BCUT2D eigenvalue weighted by Crippen LogP contribution is -2.40. The maximum absolute atomic E-state index is 12.9. The number of hydrogen-bond acceptors (Lipinski definition) is 4. The van der Waals surface area contributed by atoms with Gasteiger partial charge in [-0.1, -0.05) is 38.3 Å². The summed E-state index contributed by atoms with van der Waals surface area (Å²) in [5.74, 6) is 0.0844. The van der Waals surface area contributed by atoms with Gasteiger partial charge in [0.2, 0.25) is 11.8 Å². The van der Waals surface area contributed by atoms with Crippen LogP contribution in [0.5, 0.6) is 0 Å². The molecule has 176 valence electrons. The van der Waals surface area contributed by atoms with Crippen molar-refractivity contribution in [1.29, 1.82) is 5.26 Å². The summed E-state index contributed by atoms with van der Waals surface area (Å²) in [6, 6.07) is 6.01. The SMILES string of the molecule is CCCc1c(C#N)cc(-c2cc(NC(=O)[C@H]3CCC[C@@H](NC(C)=O)C3)ncc2Cl)n1CCC. The average molecular weight is 470 g/mol. The van der Waals surface area contributed by atoms with Gasteiger partial charge in [-0.3, -0.25) is 9.59 Å². The molecule has 0 unspecified atom stereocenters. The van der Waals surface area contributed by atoms with Crippen LogP contribution in [0.3, 0.4) is 0 Å². The summed E-state index contributed by atoms with van der Waals surface area (Å²) in [7, 11) is 0. The molecule has 0 aliphatic heterocycles. The normalized spacial score (nSPS) is 17.9. The number of nitrogens with one attached hydrogen (secondary N) is 2. The maximum atomic E-state index is 12.9. The van der Waals surface area contributed by atoms with Crippen LogP contribution < -0.4 is 10.6 Å². The molecule has 2 atom stereocenters. The molecule has 0 aromatic carbocycles. The molecule has 1 aliphatic carbocycles. The van der Waals surface area contributed by atoms with Crippen LogP contribution in [0.2, 0.25) is 5.02 Å². The molecule has 1 saturated carbocycles. The Hall–Kier alpha value is -2.85. The van der Waals surface area contributed by atoms with Crippen molar-refractivity contribution in [2.45, 2.75) is 78.3 Å². The number of carbonyl (C=O) groups excluding carboxylic acids is 2. The van der Waals surface area contributed by atoms with Gasteiger partial charge in [-0.25, -0.2) is 4.98 Å². The molecule has 2 N–H and O–H groups in total. The first kappa shape index (κ1) is 24.8. The minimum absolute atomic E-state index is 0.0273. The van der Waals surface area contributed by atoms with Crippen LogP contribution in [-0.4, -0.2) is 27.4 Å². The highest BCUT2D eigenvalue weighted by Crippen LogP contribution is 2.34. The number of aromatic nitrogens is 2. The molecule has 2 amide bonds. The van der Waals surface area contributed by atoms with Crippen molar-refractivity contribution in [2.24, 2.45) is 5.92 Å². The minimum atomic E-state index is -0.179. The number of nitriles is 1. The summed E-state index contributed by atoms with van der Waals surface area (Å²) in [5, 5.41) is 16.0. The Balaban J connectivity index is 1.87. The Morgan fingerprint density at radius 1 is 1.27 bits per heavy atom. The van der Waals surface area contributed by atoms with Crippen LogP contribution in [-0.2, 0) is 22.6 Å². The molecule has 1 aliphatic rings. The average Bonchev–Trinajstić information content (AvgIpc) is 3.12. The summed E-state index contributed by atoms with van der Waals surface area (Å²) in [6.07, 6.45) is 7.41. The predicted octanol–water partition coefficient (Wildman–Crippen LogP) is 5.07. The van der Waals surface area contributed by atoms with Crippen LogP contribution in [0.4, 0.5) is 5.82 Å². The van der Waals surface area contributed by atoms with E-state index in [2.05, 4.69) is 40.1 Å². The second-order valence-corrected chi connectivity index (χ2v) is 9.11. The van der Waals surface area contributed by atoms with Gasteiger partial charge >= 0.3 is 0 Å². The quantitative estimate of drug-likeness (QED) is 0.563. The number of hydrogen-bond donors (Lipinski definition) is 2. The molecule has 0 bridgehead atoms. The lowest BCUT2D eigenvalue weighted by Gasteiger charge is -2.28. The van der Waals surface area contributed by atoms with E-state index in [1.165, 1.54) is 6.92 Å². The van der Waals surface area contributed by atoms with E-state index < -0.39 is 0 Å². The maximum Gasteiger partial charge on any atom is 0.228 e. The van der Waals surface area contributed by atoms with E-state index in [0.717, 1.165) is 62.0 Å². The van der Waals surface area contributed by atoms with Gasteiger partial charge in [-0.05, 0) is 44.2 Å². The molecule has 3 rings (SSSR count). The van der Waals surface area contributed by atoms with E-state index in [4.69, 9.17) is 11.6 Å². The smallest absolute Gasteiger partial charge is 0.228 e. The third-order valence-electron chi connectivity index (χ3n) is 6.10. The van der Waals surface area contributed by atoms with Crippen molar-refractivity contribution in [3.8, 4) is 17.3 Å². The summed E-state index contributed by atoms with van der Waals surface area (Å²) >= 11 is 6.53. The van der Waals surface area contributed by atoms with Gasteiger partial charge in [0, 0.05) is 42.9 Å². The third-order valence-corrected chi connectivity index (χ3v) is 6.40. The van der Waals surface area contributed by atoms with E-state index >= 15 is 0 Å².